The zero-order valence-corrected chi connectivity index (χ0v) is 12.5. The third-order valence-electron chi connectivity index (χ3n) is 4.68. The molecule has 2 fully saturated rings. The maximum atomic E-state index is 9.27. The molecule has 2 aliphatic rings. The third kappa shape index (κ3) is 4.15. The maximum Gasteiger partial charge on any atom is 0.0933 e. The minimum atomic E-state index is 0.0115. The molecule has 0 radical (unpaired) electrons. The molecule has 2 N–H and O–H groups in total. The van der Waals surface area contributed by atoms with Gasteiger partial charge in [-0.05, 0) is 32.2 Å². The molecule has 0 spiro atoms. The standard InChI is InChI=1S/C15H30N2O2/c1-3-16-15-7-5-4-6-13(15)8-17-9-14(10-18)19-11-12(17)2/h12-16,18H,3-11H2,1-2H3. The summed E-state index contributed by atoms with van der Waals surface area (Å²) in [7, 11) is 0. The normalized spacial score (nSPS) is 37.4. The largest absolute Gasteiger partial charge is 0.394 e. The lowest BCUT2D eigenvalue weighted by atomic mass is 9.83. The molecule has 4 heteroatoms. The van der Waals surface area contributed by atoms with Gasteiger partial charge in [-0.2, -0.15) is 0 Å². The van der Waals surface area contributed by atoms with Gasteiger partial charge in [-0.15, -0.1) is 0 Å². The number of nitrogens with one attached hydrogen (secondary N) is 1. The quantitative estimate of drug-likeness (QED) is 0.789. The van der Waals surface area contributed by atoms with E-state index < -0.39 is 0 Å². The van der Waals surface area contributed by atoms with E-state index in [0.717, 1.165) is 32.2 Å². The molecular weight excluding hydrogens is 240 g/mol. The second kappa shape index (κ2) is 7.58. The summed E-state index contributed by atoms with van der Waals surface area (Å²) in [6, 6.07) is 1.16. The Bertz CT molecular complexity index is 261. The molecule has 0 bridgehead atoms. The number of morpholine rings is 1. The lowest BCUT2D eigenvalue weighted by molar-refractivity contribution is -0.0836. The van der Waals surface area contributed by atoms with Gasteiger partial charge in [-0.3, -0.25) is 4.90 Å². The first kappa shape index (κ1) is 15.2. The van der Waals surface area contributed by atoms with Crippen molar-refractivity contribution in [3.63, 3.8) is 0 Å². The number of rotatable bonds is 5. The van der Waals surface area contributed by atoms with Crippen LogP contribution in [0.3, 0.4) is 0 Å². The van der Waals surface area contributed by atoms with E-state index in [2.05, 4.69) is 24.1 Å². The molecule has 0 aromatic carbocycles. The van der Waals surface area contributed by atoms with Crippen LogP contribution in [0, 0.1) is 5.92 Å². The molecule has 1 saturated carbocycles. The maximum absolute atomic E-state index is 9.27. The average molecular weight is 270 g/mol. The smallest absolute Gasteiger partial charge is 0.0933 e. The minimum Gasteiger partial charge on any atom is -0.394 e. The van der Waals surface area contributed by atoms with Gasteiger partial charge >= 0.3 is 0 Å². The second-order valence-corrected chi connectivity index (χ2v) is 6.15. The Kier molecular flexibility index (Phi) is 6.07. The first-order valence-electron chi connectivity index (χ1n) is 7.94. The molecule has 4 unspecified atom stereocenters. The Morgan fingerprint density at radius 2 is 2.11 bits per heavy atom. The topological polar surface area (TPSA) is 44.7 Å². The van der Waals surface area contributed by atoms with Crippen LogP contribution >= 0.6 is 0 Å². The van der Waals surface area contributed by atoms with Crippen molar-refractivity contribution in [2.24, 2.45) is 5.92 Å². The van der Waals surface area contributed by atoms with Gasteiger partial charge in [-0.1, -0.05) is 19.8 Å². The highest BCUT2D eigenvalue weighted by Gasteiger charge is 2.31. The fourth-order valence-electron chi connectivity index (χ4n) is 3.50. The van der Waals surface area contributed by atoms with E-state index in [1.807, 2.05) is 0 Å². The molecule has 4 atom stereocenters. The molecule has 0 aromatic rings. The Balaban J connectivity index is 1.89. The fourth-order valence-corrected chi connectivity index (χ4v) is 3.50. The Morgan fingerprint density at radius 3 is 2.84 bits per heavy atom. The molecule has 2 rings (SSSR count). The van der Waals surface area contributed by atoms with E-state index in [0.29, 0.717) is 12.1 Å². The number of nitrogens with zero attached hydrogens (tertiary/aromatic N) is 1. The van der Waals surface area contributed by atoms with E-state index in [4.69, 9.17) is 4.74 Å². The number of ether oxygens (including phenoxy) is 1. The van der Waals surface area contributed by atoms with Crippen molar-refractivity contribution in [3.8, 4) is 0 Å². The Morgan fingerprint density at radius 1 is 1.32 bits per heavy atom. The van der Waals surface area contributed by atoms with Crippen LogP contribution in [-0.2, 0) is 4.74 Å². The third-order valence-corrected chi connectivity index (χ3v) is 4.68. The van der Waals surface area contributed by atoms with Gasteiger partial charge in [0.25, 0.3) is 0 Å². The summed E-state index contributed by atoms with van der Waals surface area (Å²) in [6.45, 7) is 8.43. The summed E-state index contributed by atoms with van der Waals surface area (Å²) in [6.07, 6.45) is 5.41. The molecule has 4 nitrogen and oxygen atoms in total. The van der Waals surface area contributed by atoms with E-state index in [1.54, 1.807) is 0 Å². The van der Waals surface area contributed by atoms with Crippen molar-refractivity contribution in [3.05, 3.63) is 0 Å². The summed E-state index contributed by atoms with van der Waals surface area (Å²) in [5.74, 6) is 0.758. The van der Waals surface area contributed by atoms with E-state index in [1.165, 1.54) is 25.7 Å². The first-order valence-corrected chi connectivity index (χ1v) is 7.94. The van der Waals surface area contributed by atoms with Gasteiger partial charge in [0.15, 0.2) is 0 Å². The molecule has 1 aliphatic carbocycles. The molecule has 1 saturated heterocycles. The molecule has 0 aromatic heterocycles. The summed E-state index contributed by atoms with van der Waals surface area (Å²) >= 11 is 0. The predicted molar refractivity (Wildman–Crippen MR) is 77.3 cm³/mol. The predicted octanol–water partition coefficient (Wildman–Crippen LogP) is 1.24. The van der Waals surface area contributed by atoms with Gasteiger partial charge in [-0.25, -0.2) is 0 Å². The SMILES string of the molecule is CCNC1CCCCC1CN1CC(CO)OCC1C. The lowest BCUT2D eigenvalue weighted by Crippen LogP contribution is -2.53. The number of hydrogen-bond donors (Lipinski definition) is 2. The van der Waals surface area contributed by atoms with Crippen molar-refractivity contribution in [2.45, 2.75) is 57.7 Å². The number of aliphatic hydroxyl groups is 1. The molecule has 0 amide bonds. The fraction of sp³-hybridized carbons (Fsp3) is 1.00. The highest BCUT2D eigenvalue weighted by molar-refractivity contribution is 4.86. The van der Waals surface area contributed by atoms with Crippen LogP contribution in [0.2, 0.25) is 0 Å². The molecule has 112 valence electrons. The first-order chi connectivity index (χ1) is 9.24. The van der Waals surface area contributed by atoms with Crippen LogP contribution in [0.5, 0.6) is 0 Å². The van der Waals surface area contributed by atoms with Crippen molar-refractivity contribution in [1.82, 2.24) is 10.2 Å². The van der Waals surface area contributed by atoms with Gasteiger partial charge in [0.1, 0.15) is 0 Å². The van der Waals surface area contributed by atoms with Crippen LogP contribution in [0.25, 0.3) is 0 Å². The lowest BCUT2D eigenvalue weighted by Gasteiger charge is -2.42. The van der Waals surface area contributed by atoms with E-state index in [9.17, 15) is 5.11 Å². The second-order valence-electron chi connectivity index (χ2n) is 6.15. The summed E-state index contributed by atoms with van der Waals surface area (Å²) < 4.78 is 5.63. The average Bonchev–Trinajstić information content (AvgIpc) is 2.43. The van der Waals surface area contributed by atoms with E-state index >= 15 is 0 Å². The van der Waals surface area contributed by atoms with Gasteiger partial charge in [0.2, 0.25) is 0 Å². The molecule has 19 heavy (non-hydrogen) atoms. The molecule has 1 aliphatic heterocycles. The van der Waals surface area contributed by atoms with Gasteiger partial charge in [0, 0.05) is 25.2 Å². The van der Waals surface area contributed by atoms with Crippen molar-refractivity contribution in [2.75, 3.05) is 32.8 Å². The summed E-state index contributed by atoms with van der Waals surface area (Å²) in [4.78, 5) is 2.52. The summed E-state index contributed by atoms with van der Waals surface area (Å²) in [5, 5.41) is 12.9. The van der Waals surface area contributed by atoms with E-state index in [-0.39, 0.29) is 12.7 Å². The van der Waals surface area contributed by atoms with Crippen LogP contribution in [0.15, 0.2) is 0 Å². The highest BCUT2D eigenvalue weighted by atomic mass is 16.5. The molecule has 1 heterocycles. The number of hydrogen-bond acceptors (Lipinski definition) is 4. The van der Waals surface area contributed by atoms with Crippen LogP contribution in [0.4, 0.5) is 0 Å². The Labute approximate surface area is 117 Å². The van der Waals surface area contributed by atoms with Crippen molar-refractivity contribution >= 4 is 0 Å². The van der Waals surface area contributed by atoms with Crippen LogP contribution in [-0.4, -0.2) is 61.0 Å². The summed E-state index contributed by atoms with van der Waals surface area (Å²) in [5.41, 5.74) is 0. The van der Waals surface area contributed by atoms with Crippen LogP contribution < -0.4 is 5.32 Å². The minimum absolute atomic E-state index is 0.0115. The number of aliphatic hydroxyl groups excluding tert-OH is 1. The van der Waals surface area contributed by atoms with Crippen molar-refractivity contribution < 1.29 is 9.84 Å². The van der Waals surface area contributed by atoms with Gasteiger partial charge < -0.3 is 15.2 Å². The highest BCUT2D eigenvalue weighted by Crippen LogP contribution is 2.26. The van der Waals surface area contributed by atoms with Crippen LogP contribution in [0.1, 0.15) is 39.5 Å². The van der Waals surface area contributed by atoms with Gasteiger partial charge in [0.05, 0.1) is 19.3 Å². The molecular formula is C15H30N2O2. The van der Waals surface area contributed by atoms with Crippen molar-refractivity contribution in [1.29, 1.82) is 0 Å². The zero-order chi connectivity index (χ0) is 13.7. The Hall–Kier alpha value is -0.160. The zero-order valence-electron chi connectivity index (χ0n) is 12.5. The monoisotopic (exact) mass is 270 g/mol.